The molecule has 0 bridgehead atoms. The van der Waals surface area contributed by atoms with E-state index < -0.39 is 5.60 Å². The summed E-state index contributed by atoms with van der Waals surface area (Å²) in [5, 5.41) is 1.15. The molecule has 0 aromatic heterocycles. The lowest BCUT2D eigenvalue weighted by molar-refractivity contribution is -0.00616. The molecule has 0 radical (unpaired) electrons. The van der Waals surface area contributed by atoms with Crippen LogP contribution in [0.4, 0.5) is 0 Å². The molecule has 0 saturated carbocycles. The molecule has 0 atom stereocenters. The molecule has 1 fully saturated rings. The van der Waals surface area contributed by atoms with Gasteiger partial charge in [-0.05, 0) is 48.9 Å². The van der Waals surface area contributed by atoms with Crippen LogP contribution in [0.15, 0.2) is 36.4 Å². The summed E-state index contributed by atoms with van der Waals surface area (Å²) < 4.78 is 6.33. The number of nitrogens with zero attached hydrogens (tertiary/aromatic N) is 1. The van der Waals surface area contributed by atoms with Crippen LogP contribution in [0.3, 0.4) is 0 Å². The number of carbonyl (C=O) groups excluding carboxylic acids is 2. The summed E-state index contributed by atoms with van der Waals surface area (Å²) in [6.45, 7) is 3.00. The van der Waals surface area contributed by atoms with E-state index >= 15 is 0 Å². The molecule has 1 saturated heterocycles. The Hall–Kier alpha value is -2.04. The average molecular weight is 404 g/mol. The number of carbonyl (C=O) groups is 2. The predicted molar refractivity (Wildman–Crippen MR) is 105 cm³/mol. The number of aryl methyl sites for hydroxylation is 1. The highest BCUT2D eigenvalue weighted by Crippen LogP contribution is 2.42. The van der Waals surface area contributed by atoms with E-state index in [4.69, 9.17) is 27.9 Å². The van der Waals surface area contributed by atoms with Crippen molar-refractivity contribution in [2.45, 2.75) is 31.8 Å². The second-order valence-electron chi connectivity index (χ2n) is 7.28. The van der Waals surface area contributed by atoms with Crippen LogP contribution in [0, 0.1) is 6.92 Å². The first-order valence-electron chi connectivity index (χ1n) is 8.94. The Morgan fingerprint density at radius 2 is 1.74 bits per heavy atom. The summed E-state index contributed by atoms with van der Waals surface area (Å²) in [7, 11) is 0. The Labute approximate surface area is 168 Å². The van der Waals surface area contributed by atoms with Gasteiger partial charge in [-0.25, -0.2) is 0 Å². The Bertz CT molecular complexity index is 916. The monoisotopic (exact) mass is 403 g/mol. The molecule has 0 aliphatic carbocycles. The number of piperidine rings is 1. The Morgan fingerprint density at radius 1 is 1.07 bits per heavy atom. The number of ether oxygens (including phenoxy) is 1. The molecule has 27 heavy (non-hydrogen) atoms. The lowest BCUT2D eigenvalue weighted by Gasteiger charge is -2.44. The highest BCUT2D eigenvalue weighted by Gasteiger charge is 2.44. The van der Waals surface area contributed by atoms with Crippen molar-refractivity contribution in [1.82, 2.24) is 4.90 Å². The van der Waals surface area contributed by atoms with Crippen LogP contribution >= 0.6 is 23.2 Å². The molecule has 2 aliphatic rings. The van der Waals surface area contributed by atoms with Gasteiger partial charge in [0.15, 0.2) is 5.78 Å². The zero-order valence-corrected chi connectivity index (χ0v) is 16.4. The molecule has 2 heterocycles. The Balaban J connectivity index is 1.51. The van der Waals surface area contributed by atoms with Crippen molar-refractivity contribution < 1.29 is 14.3 Å². The van der Waals surface area contributed by atoms with Gasteiger partial charge in [-0.3, -0.25) is 9.59 Å². The highest BCUT2D eigenvalue weighted by molar-refractivity contribution is 6.31. The lowest BCUT2D eigenvalue weighted by atomic mass is 9.82. The van der Waals surface area contributed by atoms with Crippen molar-refractivity contribution in [3.63, 3.8) is 0 Å². The summed E-state index contributed by atoms with van der Waals surface area (Å²) in [4.78, 5) is 27.2. The van der Waals surface area contributed by atoms with Crippen LogP contribution in [-0.4, -0.2) is 35.3 Å². The van der Waals surface area contributed by atoms with Crippen LogP contribution in [0.25, 0.3) is 0 Å². The first kappa shape index (κ1) is 18.3. The molecular weight excluding hydrogens is 385 g/mol. The summed E-state index contributed by atoms with van der Waals surface area (Å²) in [5.41, 5.74) is 1.50. The molecule has 0 N–H and O–H groups in total. The standard InChI is InChI=1S/C21H19Cl2NO3/c1-13-10-16(23)11-17-18(25)12-21(27-19(13)17)6-8-24(9-7-21)20(26)14-2-4-15(22)5-3-14/h2-5,10-11H,6-9,12H2,1H3. The SMILES string of the molecule is Cc1cc(Cl)cc2c1OC1(CCN(C(=O)c3ccc(Cl)cc3)CC1)CC2=O. The van der Waals surface area contributed by atoms with Gasteiger partial charge >= 0.3 is 0 Å². The van der Waals surface area contributed by atoms with Crippen molar-refractivity contribution in [2.75, 3.05) is 13.1 Å². The van der Waals surface area contributed by atoms with Gasteiger partial charge in [0, 0.05) is 41.5 Å². The second kappa shape index (κ2) is 6.84. The number of hydrogen-bond donors (Lipinski definition) is 0. The Morgan fingerprint density at radius 3 is 2.41 bits per heavy atom. The minimum absolute atomic E-state index is 0.0213. The minimum Gasteiger partial charge on any atom is -0.486 e. The Kier molecular flexibility index (Phi) is 4.65. The molecule has 4 nitrogen and oxygen atoms in total. The lowest BCUT2D eigenvalue weighted by Crippen LogP contribution is -2.52. The third-order valence-electron chi connectivity index (χ3n) is 5.39. The van der Waals surface area contributed by atoms with Gasteiger partial charge in [0.25, 0.3) is 5.91 Å². The van der Waals surface area contributed by atoms with Crippen molar-refractivity contribution in [3.8, 4) is 5.75 Å². The molecule has 2 aromatic carbocycles. The first-order valence-corrected chi connectivity index (χ1v) is 9.70. The number of amides is 1. The molecule has 1 amide bonds. The van der Waals surface area contributed by atoms with Crippen LogP contribution in [0.1, 0.15) is 45.5 Å². The minimum atomic E-state index is -0.542. The zero-order valence-electron chi connectivity index (χ0n) is 14.9. The van der Waals surface area contributed by atoms with Gasteiger partial charge in [-0.15, -0.1) is 0 Å². The maximum Gasteiger partial charge on any atom is 0.253 e. The summed E-state index contributed by atoms with van der Waals surface area (Å²) >= 11 is 12.0. The van der Waals surface area contributed by atoms with Crippen LogP contribution in [-0.2, 0) is 0 Å². The van der Waals surface area contributed by atoms with Gasteiger partial charge in [0.2, 0.25) is 0 Å². The highest BCUT2D eigenvalue weighted by atomic mass is 35.5. The van der Waals surface area contributed by atoms with E-state index in [-0.39, 0.29) is 11.7 Å². The summed E-state index contributed by atoms with van der Waals surface area (Å²) in [6, 6.07) is 10.4. The van der Waals surface area contributed by atoms with E-state index in [1.165, 1.54) is 0 Å². The number of ketones is 1. The smallest absolute Gasteiger partial charge is 0.253 e. The van der Waals surface area contributed by atoms with Gasteiger partial charge in [-0.1, -0.05) is 23.2 Å². The van der Waals surface area contributed by atoms with E-state index in [2.05, 4.69) is 0 Å². The topological polar surface area (TPSA) is 46.6 Å². The van der Waals surface area contributed by atoms with E-state index in [0.717, 1.165) is 5.56 Å². The predicted octanol–water partition coefficient (Wildman–Crippen LogP) is 4.94. The molecule has 1 spiro atoms. The average Bonchev–Trinajstić information content (AvgIpc) is 2.64. The fourth-order valence-corrected chi connectivity index (χ4v) is 4.28. The van der Waals surface area contributed by atoms with Gasteiger partial charge in [-0.2, -0.15) is 0 Å². The quantitative estimate of drug-likeness (QED) is 0.676. The normalized spacial score (nSPS) is 18.2. The summed E-state index contributed by atoms with van der Waals surface area (Å²) in [6.07, 6.45) is 1.57. The molecule has 2 aromatic rings. The second-order valence-corrected chi connectivity index (χ2v) is 8.16. The van der Waals surface area contributed by atoms with Gasteiger partial charge in [0.1, 0.15) is 11.4 Å². The van der Waals surface area contributed by atoms with Crippen LogP contribution in [0.2, 0.25) is 10.0 Å². The number of Topliss-reactive ketones (excluding diaryl/α,β-unsaturated/α-hetero) is 1. The largest absolute Gasteiger partial charge is 0.486 e. The van der Waals surface area contributed by atoms with Gasteiger partial charge < -0.3 is 9.64 Å². The fraction of sp³-hybridized carbons (Fsp3) is 0.333. The molecule has 140 valence electrons. The third-order valence-corrected chi connectivity index (χ3v) is 5.86. The van der Waals surface area contributed by atoms with Crippen molar-refractivity contribution >= 4 is 34.9 Å². The number of halogens is 2. The van der Waals surface area contributed by atoms with Crippen molar-refractivity contribution in [3.05, 3.63) is 63.1 Å². The summed E-state index contributed by atoms with van der Waals surface area (Å²) in [5.74, 6) is 0.666. The number of rotatable bonds is 1. The number of likely N-dealkylation sites (tertiary alicyclic amines) is 1. The van der Waals surface area contributed by atoms with Crippen LogP contribution < -0.4 is 4.74 Å². The van der Waals surface area contributed by atoms with Crippen LogP contribution in [0.5, 0.6) is 5.75 Å². The first-order chi connectivity index (χ1) is 12.9. The van der Waals surface area contributed by atoms with Crippen molar-refractivity contribution in [1.29, 1.82) is 0 Å². The number of benzene rings is 2. The maximum atomic E-state index is 12.7. The van der Waals surface area contributed by atoms with Gasteiger partial charge in [0.05, 0.1) is 12.0 Å². The molecule has 4 rings (SSSR count). The number of hydrogen-bond acceptors (Lipinski definition) is 3. The number of fused-ring (bicyclic) bond motifs is 1. The van der Waals surface area contributed by atoms with E-state index in [1.54, 1.807) is 30.3 Å². The molecular formula is C21H19Cl2NO3. The van der Waals surface area contributed by atoms with Crippen molar-refractivity contribution in [2.24, 2.45) is 0 Å². The fourth-order valence-electron chi connectivity index (χ4n) is 3.88. The van der Waals surface area contributed by atoms with E-state index in [0.29, 0.717) is 59.3 Å². The molecule has 2 aliphatic heterocycles. The maximum absolute atomic E-state index is 12.7. The third kappa shape index (κ3) is 3.44. The molecule has 6 heteroatoms. The molecule has 0 unspecified atom stereocenters. The zero-order chi connectivity index (χ0) is 19.2. The van der Waals surface area contributed by atoms with E-state index in [9.17, 15) is 9.59 Å². The van der Waals surface area contributed by atoms with E-state index in [1.807, 2.05) is 17.9 Å².